The molecule has 0 heterocycles. The lowest BCUT2D eigenvalue weighted by atomic mass is 9.86. The van der Waals surface area contributed by atoms with Crippen molar-refractivity contribution in [1.82, 2.24) is 5.32 Å². The van der Waals surface area contributed by atoms with E-state index < -0.39 is 6.10 Å². The Morgan fingerprint density at radius 2 is 1.75 bits per heavy atom. The third kappa shape index (κ3) is 6.25. The summed E-state index contributed by atoms with van der Waals surface area (Å²) in [6, 6.07) is 14.6. The molecule has 2 rings (SSSR count). The first kappa shape index (κ1) is 22.3. The summed E-state index contributed by atoms with van der Waals surface area (Å²) in [4.78, 5) is 0. The van der Waals surface area contributed by atoms with Crippen molar-refractivity contribution in [1.29, 1.82) is 0 Å². The lowest BCUT2D eigenvalue weighted by Crippen LogP contribution is -2.34. The van der Waals surface area contributed by atoms with Crippen molar-refractivity contribution >= 4 is 0 Å². The zero-order valence-corrected chi connectivity index (χ0v) is 18.1. The normalized spacial score (nSPS) is 13.8. The lowest BCUT2D eigenvalue weighted by Gasteiger charge is -2.25. The fourth-order valence-corrected chi connectivity index (χ4v) is 3.17. The number of ether oxygens (including phenoxy) is 2. The maximum Gasteiger partial charge on any atom is 0.123 e. The molecule has 0 saturated carbocycles. The van der Waals surface area contributed by atoms with Crippen molar-refractivity contribution in [2.24, 2.45) is 0 Å². The smallest absolute Gasteiger partial charge is 0.123 e. The zero-order chi connectivity index (χ0) is 20.7. The highest BCUT2D eigenvalue weighted by Crippen LogP contribution is 2.34. The third-order valence-corrected chi connectivity index (χ3v) is 4.91. The second-order valence-corrected chi connectivity index (χ2v) is 8.36. The second kappa shape index (κ2) is 9.94. The second-order valence-electron chi connectivity index (χ2n) is 8.36. The molecule has 4 heteroatoms. The van der Waals surface area contributed by atoms with Crippen LogP contribution >= 0.6 is 0 Å². The summed E-state index contributed by atoms with van der Waals surface area (Å²) in [5, 5.41) is 13.9. The van der Waals surface area contributed by atoms with Gasteiger partial charge >= 0.3 is 0 Å². The van der Waals surface area contributed by atoms with E-state index in [1.165, 1.54) is 11.1 Å². The van der Waals surface area contributed by atoms with E-state index in [-0.39, 0.29) is 18.1 Å². The molecule has 154 valence electrons. The van der Waals surface area contributed by atoms with E-state index in [2.05, 4.69) is 64.2 Å². The van der Waals surface area contributed by atoms with Gasteiger partial charge in [-0.3, -0.25) is 0 Å². The van der Waals surface area contributed by atoms with Gasteiger partial charge in [0.2, 0.25) is 0 Å². The summed E-state index contributed by atoms with van der Waals surface area (Å²) in [5.41, 5.74) is 3.48. The molecule has 0 fully saturated rings. The Balaban J connectivity index is 1.95. The fourth-order valence-electron chi connectivity index (χ4n) is 3.17. The molecule has 2 atom stereocenters. The van der Waals surface area contributed by atoms with Gasteiger partial charge in [-0.25, -0.2) is 0 Å². The van der Waals surface area contributed by atoms with E-state index in [0.717, 1.165) is 23.5 Å². The number of rotatable bonds is 9. The number of hydrogen-bond acceptors (Lipinski definition) is 4. The van der Waals surface area contributed by atoms with Crippen LogP contribution in [0.15, 0.2) is 42.5 Å². The van der Waals surface area contributed by atoms with Crippen molar-refractivity contribution in [2.75, 3.05) is 20.3 Å². The SMILES string of the molecule is CCC(NCC(O)COc1ccc(OC)cc1C(C)(C)C)c1ccc(C)cc1. The van der Waals surface area contributed by atoms with Gasteiger partial charge in [-0.1, -0.05) is 57.5 Å². The van der Waals surface area contributed by atoms with Crippen LogP contribution in [-0.2, 0) is 5.41 Å². The number of aliphatic hydroxyl groups is 1. The molecule has 2 aromatic carbocycles. The van der Waals surface area contributed by atoms with Gasteiger partial charge < -0.3 is 19.9 Å². The molecule has 28 heavy (non-hydrogen) atoms. The number of methoxy groups -OCH3 is 1. The molecular formula is C24H35NO3. The molecule has 0 aliphatic rings. The predicted molar refractivity (Wildman–Crippen MR) is 115 cm³/mol. The van der Waals surface area contributed by atoms with Crippen molar-refractivity contribution in [3.8, 4) is 11.5 Å². The van der Waals surface area contributed by atoms with Crippen LogP contribution in [0.3, 0.4) is 0 Å². The minimum absolute atomic E-state index is 0.0776. The maximum atomic E-state index is 10.4. The van der Waals surface area contributed by atoms with E-state index in [0.29, 0.717) is 6.54 Å². The molecule has 4 nitrogen and oxygen atoms in total. The van der Waals surface area contributed by atoms with E-state index in [4.69, 9.17) is 9.47 Å². The summed E-state index contributed by atoms with van der Waals surface area (Å²) in [6.45, 7) is 11.4. The quantitative estimate of drug-likeness (QED) is 0.652. The van der Waals surface area contributed by atoms with Gasteiger partial charge in [0, 0.05) is 18.2 Å². The van der Waals surface area contributed by atoms with Gasteiger partial charge in [-0.2, -0.15) is 0 Å². The maximum absolute atomic E-state index is 10.4. The van der Waals surface area contributed by atoms with Crippen LogP contribution in [-0.4, -0.2) is 31.5 Å². The molecular weight excluding hydrogens is 350 g/mol. The molecule has 0 amide bonds. The Labute approximate surface area is 169 Å². The average Bonchev–Trinajstić information content (AvgIpc) is 2.67. The average molecular weight is 386 g/mol. The molecule has 0 radical (unpaired) electrons. The molecule has 0 saturated heterocycles. The minimum atomic E-state index is -0.589. The molecule has 0 aliphatic heterocycles. The summed E-state index contributed by atoms with van der Waals surface area (Å²) < 4.78 is 11.3. The third-order valence-electron chi connectivity index (χ3n) is 4.91. The van der Waals surface area contributed by atoms with Crippen molar-refractivity contribution in [2.45, 2.75) is 58.6 Å². The van der Waals surface area contributed by atoms with Crippen LogP contribution in [0.2, 0.25) is 0 Å². The van der Waals surface area contributed by atoms with Crippen molar-refractivity contribution < 1.29 is 14.6 Å². The molecule has 2 aromatic rings. The summed E-state index contributed by atoms with van der Waals surface area (Å²) in [7, 11) is 1.66. The summed E-state index contributed by atoms with van der Waals surface area (Å²) >= 11 is 0. The van der Waals surface area contributed by atoms with E-state index in [9.17, 15) is 5.11 Å². The molecule has 0 spiro atoms. The summed E-state index contributed by atoms with van der Waals surface area (Å²) in [5.74, 6) is 1.60. The molecule has 0 aromatic heterocycles. The fraction of sp³-hybridized carbons (Fsp3) is 0.500. The lowest BCUT2D eigenvalue weighted by molar-refractivity contribution is 0.102. The topological polar surface area (TPSA) is 50.7 Å². The van der Waals surface area contributed by atoms with Crippen molar-refractivity contribution in [3.63, 3.8) is 0 Å². The molecule has 0 aliphatic carbocycles. The van der Waals surface area contributed by atoms with Crippen LogP contribution in [0.5, 0.6) is 11.5 Å². The Morgan fingerprint density at radius 3 is 2.32 bits per heavy atom. The minimum Gasteiger partial charge on any atom is -0.497 e. The standard InChI is InChI=1S/C24H35NO3/c1-7-22(18-10-8-17(2)9-11-18)25-15-19(26)16-28-23-13-12-20(27-6)14-21(23)24(3,4)5/h8-14,19,22,25-26H,7,15-16H2,1-6H3. The number of aliphatic hydroxyl groups excluding tert-OH is 1. The van der Waals surface area contributed by atoms with Gasteiger partial charge in [0.1, 0.15) is 24.2 Å². The van der Waals surface area contributed by atoms with Crippen LogP contribution in [0, 0.1) is 6.92 Å². The Bertz CT molecular complexity index is 735. The Kier molecular flexibility index (Phi) is 7.90. The van der Waals surface area contributed by atoms with Gasteiger partial charge in [0.05, 0.1) is 7.11 Å². The highest BCUT2D eigenvalue weighted by Gasteiger charge is 2.21. The van der Waals surface area contributed by atoms with Gasteiger partial charge in [0.25, 0.3) is 0 Å². The van der Waals surface area contributed by atoms with Crippen molar-refractivity contribution in [3.05, 3.63) is 59.2 Å². The summed E-state index contributed by atoms with van der Waals surface area (Å²) in [6.07, 6.45) is 0.373. The number of hydrogen-bond donors (Lipinski definition) is 2. The largest absolute Gasteiger partial charge is 0.497 e. The van der Waals surface area contributed by atoms with Crippen LogP contribution in [0.4, 0.5) is 0 Å². The van der Waals surface area contributed by atoms with Crippen LogP contribution in [0.25, 0.3) is 0 Å². The first-order chi connectivity index (χ1) is 13.2. The molecule has 0 bridgehead atoms. The predicted octanol–water partition coefficient (Wildman–Crippen LogP) is 4.78. The highest BCUT2D eigenvalue weighted by molar-refractivity contribution is 5.44. The Morgan fingerprint density at radius 1 is 1.07 bits per heavy atom. The number of aryl methyl sites for hydroxylation is 1. The van der Waals surface area contributed by atoms with Gasteiger partial charge in [-0.15, -0.1) is 0 Å². The number of nitrogens with one attached hydrogen (secondary N) is 1. The molecule has 2 unspecified atom stereocenters. The Hall–Kier alpha value is -2.04. The first-order valence-corrected chi connectivity index (χ1v) is 10.0. The molecule has 2 N–H and O–H groups in total. The number of benzene rings is 2. The van der Waals surface area contributed by atoms with Crippen LogP contribution < -0.4 is 14.8 Å². The van der Waals surface area contributed by atoms with E-state index in [1.807, 2.05) is 18.2 Å². The first-order valence-electron chi connectivity index (χ1n) is 10.0. The van der Waals surface area contributed by atoms with Gasteiger partial charge in [0.15, 0.2) is 0 Å². The highest BCUT2D eigenvalue weighted by atomic mass is 16.5. The van der Waals surface area contributed by atoms with Crippen LogP contribution in [0.1, 0.15) is 56.8 Å². The zero-order valence-electron chi connectivity index (χ0n) is 18.1. The van der Waals surface area contributed by atoms with Gasteiger partial charge in [-0.05, 0) is 42.5 Å². The monoisotopic (exact) mass is 385 g/mol. The van der Waals surface area contributed by atoms with E-state index >= 15 is 0 Å². The van der Waals surface area contributed by atoms with E-state index in [1.54, 1.807) is 7.11 Å².